The summed E-state index contributed by atoms with van der Waals surface area (Å²) in [5.74, 6) is -2.50. The summed E-state index contributed by atoms with van der Waals surface area (Å²) in [6.07, 6.45) is 0.854. The maximum Gasteiger partial charge on any atom is 0.201 e. The molecule has 14 heavy (non-hydrogen) atoms. The van der Waals surface area contributed by atoms with Crippen LogP contribution in [0.3, 0.4) is 0 Å². The second kappa shape index (κ2) is 3.36. The van der Waals surface area contributed by atoms with E-state index in [2.05, 4.69) is 0 Å². The fraction of sp³-hybridized carbons (Fsp3) is 0.300. The highest BCUT2D eigenvalue weighted by atomic mass is 19.2. The van der Waals surface area contributed by atoms with Crippen LogP contribution in [0.5, 0.6) is 5.75 Å². The molecule has 0 spiro atoms. The highest BCUT2D eigenvalue weighted by Gasteiger charge is 2.22. The molecule has 0 unspecified atom stereocenters. The third-order valence-electron chi connectivity index (χ3n) is 2.14. The topological polar surface area (TPSA) is 26.3 Å². The normalized spacial score (nSPS) is 15.7. The van der Waals surface area contributed by atoms with Gasteiger partial charge in [0.1, 0.15) is 0 Å². The summed E-state index contributed by atoms with van der Waals surface area (Å²) < 4.78 is 31.0. The molecule has 1 aliphatic heterocycles. The number of halogens is 2. The Morgan fingerprint density at radius 2 is 2.07 bits per heavy atom. The van der Waals surface area contributed by atoms with Gasteiger partial charge in [-0.2, -0.15) is 4.39 Å². The number of ether oxygens (including phenoxy) is 1. The van der Waals surface area contributed by atoms with Crippen LogP contribution in [0.25, 0.3) is 0 Å². The molecule has 0 aromatic heterocycles. The fourth-order valence-electron chi connectivity index (χ4n) is 1.43. The highest BCUT2D eigenvalue weighted by Crippen LogP contribution is 2.28. The third-order valence-corrected chi connectivity index (χ3v) is 2.14. The van der Waals surface area contributed by atoms with Crippen molar-refractivity contribution in [2.75, 3.05) is 6.61 Å². The van der Waals surface area contributed by atoms with Gasteiger partial charge in [0.2, 0.25) is 5.82 Å². The van der Waals surface area contributed by atoms with Gasteiger partial charge in [-0.1, -0.05) is 0 Å². The van der Waals surface area contributed by atoms with E-state index in [1.54, 1.807) is 0 Å². The van der Waals surface area contributed by atoms with E-state index in [4.69, 9.17) is 4.74 Å². The number of ketones is 1. The average Bonchev–Trinajstić information content (AvgIpc) is 2.35. The van der Waals surface area contributed by atoms with Gasteiger partial charge in [-0.3, -0.25) is 4.79 Å². The number of benzene rings is 1. The molecule has 4 heteroatoms. The van der Waals surface area contributed by atoms with Crippen LogP contribution in [-0.2, 0) is 0 Å². The van der Waals surface area contributed by atoms with E-state index in [1.165, 1.54) is 6.07 Å². The maximum atomic E-state index is 13.2. The van der Waals surface area contributed by atoms with Crippen LogP contribution in [0, 0.1) is 11.6 Å². The Bertz CT molecular complexity index is 388. The Morgan fingerprint density at radius 3 is 2.86 bits per heavy atom. The van der Waals surface area contributed by atoms with Gasteiger partial charge in [0, 0.05) is 6.42 Å². The van der Waals surface area contributed by atoms with Crippen LogP contribution in [0.1, 0.15) is 23.2 Å². The van der Waals surface area contributed by atoms with Gasteiger partial charge in [0.05, 0.1) is 12.2 Å². The zero-order chi connectivity index (χ0) is 10.1. The van der Waals surface area contributed by atoms with Gasteiger partial charge in [-0.05, 0) is 18.6 Å². The number of fused-ring (bicyclic) bond motifs is 1. The number of hydrogen-bond donors (Lipinski definition) is 0. The van der Waals surface area contributed by atoms with Crippen LogP contribution < -0.4 is 4.74 Å². The number of rotatable bonds is 0. The molecule has 0 N–H and O–H groups in total. The van der Waals surface area contributed by atoms with Crippen molar-refractivity contribution in [1.29, 1.82) is 0 Å². The molecule has 0 fully saturated rings. The van der Waals surface area contributed by atoms with E-state index in [1.807, 2.05) is 0 Å². The molecule has 1 aromatic rings. The lowest BCUT2D eigenvalue weighted by atomic mass is 10.1. The summed E-state index contributed by atoms with van der Waals surface area (Å²) >= 11 is 0. The largest absolute Gasteiger partial charge is 0.490 e. The van der Waals surface area contributed by atoms with Gasteiger partial charge in [0.25, 0.3) is 0 Å². The number of carbonyl (C=O) groups excluding carboxylic acids is 1. The molecule has 0 atom stereocenters. The molecule has 2 rings (SSSR count). The minimum atomic E-state index is -1.07. The summed E-state index contributed by atoms with van der Waals surface area (Å²) in [7, 11) is 0. The number of carbonyl (C=O) groups is 1. The molecule has 2 nitrogen and oxygen atoms in total. The van der Waals surface area contributed by atoms with Crippen molar-refractivity contribution in [3.8, 4) is 5.75 Å². The SMILES string of the molecule is O=C1CCCOc2c1ccc(F)c2F. The summed E-state index contributed by atoms with van der Waals surface area (Å²) in [6, 6.07) is 2.21. The molecule has 1 aliphatic rings. The van der Waals surface area contributed by atoms with Crippen LogP contribution in [0.15, 0.2) is 12.1 Å². The highest BCUT2D eigenvalue weighted by molar-refractivity contribution is 5.98. The van der Waals surface area contributed by atoms with E-state index in [-0.39, 0.29) is 23.7 Å². The van der Waals surface area contributed by atoms with Gasteiger partial charge in [-0.15, -0.1) is 0 Å². The lowest BCUT2D eigenvalue weighted by Crippen LogP contribution is -2.01. The molecule has 74 valence electrons. The molecular weight excluding hydrogens is 190 g/mol. The monoisotopic (exact) mass is 198 g/mol. The molecule has 1 heterocycles. The Morgan fingerprint density at radius 1 is 1.29 bits per heavy atom. The Balaban J connectivity index is 2.58. The second-order valence-electron chi connectivity index (χ2n) is 3.11. The zero-order valence-corrected chi connectivity index (χ0v) is 7.35. The van der Waals surface area contributed by atoms with Gasteiger partial charge >= 0.3 is 0 Å². The van der Waals surface area contributed by atoms with Crippen molar-refractivity contribution in [2.24, 2.45) is 0 Å². The van der Waals surface area contributed by atoms with Gasteiger partial charge < -0.3 is 4.74 Å². The summed E-state index contributed by atoms with van der Waals surface area (Å²) in [4.78, 5) is 11.4. The first-order valence-electron chi connectivity index (χ1n) is 4.34. The maximum absolute atomic E-state index is 13.2. The molecule has 0 amide bonds. The summed E-state index contributed by atoms with van der Waals surface area (Å²) in [5.41, 5.74) is 0.140. The van der Waals surface area contributed by atoms with Crippen LogP contribution in [0.2, 0.25) is 0 Å². The van der Waals surface area contributed by atoms with Crippen molar-refractivity contribution in [3.05, 3.63) is 29.3 Å². The molecule has 0 saturated carbocycles. The van der Waals surface area contributed by atoms with Gasteiger partial charge in [0.15, 0.2) is 17.3 Å². The van der Waals surface area contributed by atoms with Crippen molar-refractivity contribution >= 4 is 5.78 Å². The molecule has 0 bridgehead atoms. The Labute approximate surface area is 79.5 Å². The predicted molar refractivity (Wildman–Crippen MR) is 45.4 cm³/mol. The standard InChI is InChI=1S/C10H8F2O2/c11-7-4-3-6-8(13)2-1-5-14-10(6)9(7)12/h3-4H,1-2,5H2. The van der Waals surface area contributed by atoms with E-state index < -0.39 is 11.6 Å². The van der Waals surface area contributed by atoms with Crippen LogP contribution in [0.4, 0.5) is 8.78 Å². The van der Waals surface area contributed by atoms with E-state index in [9.17, 15) is 13.6 Å². The summed E-state index contributed by atoms with van der Waals surface area (Å²) in [5, 5.41) is 0. The van der Waals surface area contributed by atoms with E-state index in [0.29, 0.717) is 12.8 Å². The second-order valence-corrected chi connectivity index (χ2v) is 3.11. The summed E-state index contributed by atoms with van der Waals surface area (Å²) in [6.45, 7) is 0.249. The fourth-order valence-corrected chi connectivity index (χ4v) is 1.43. The lowest BCUT2D eigenvalue weighted by Gasteiger charge is -2.06. The minimum absolute atomic E-state index is 0.140. The third kappa shape index (κ3) is 1.36. The van der Waals surface area contributed by atoms with Crippen LogP contribution in [-0.4, -0.2) is 12.4 Å². The average molecular weight is 198 g/mol. The van der Waals surface area contributed by atoms with Crippen molar-refractivity contribution in [1.82, 2.24) is 0 Å². The first-order valence-corrected chi connectivity index (χ1v) is 4.34. The molecule has 0 saturated heterocycles. The first kappa shape index (κ1) is 9.12. The Kier molecular flexibility index (Phi) is 2.19. The van der Waals surface area contributed by atoms with E-state index in [0.717, 1.165) is 6.07 Å². The smallest absolute Gasteiger partial charge is 0.201 e. The number of Topliss-reactive ketones (excluding diaryl/α,β-unsaturated/α-hetero) is 1. The quantitative estimate of drug-likeness (QED) is 0.639. The van der Waals surface area contributed by atoms with Crippen molar-refractivity contribution in [2.45, 2.75) is 12.8 Å². The molecule has 0 aliphatic carbocycles. The molecule has 1 aromatic carbocycles. The minimum Gasteiger partial charge on any atom is -0.490 e. The predicted octanol–water partition coefficient (Wildman–Crippen LogP) is 2.32. The first-order chi connectivity index (χ1) is 6.70. The van der Waals surface area contributed by atoms with E-state index >= 15 is 0 Å². The Hall–Kier alpha value is -1.45. The lowest BCUT2D eigenvalue weighted by molar-refractivity contribution is 0.0983. The molecular formula is C10H8F2O2. The zero-order valence-electron chi connectivity index (χ0n) is 7.35. The van der Waals surface area contributed by atoms with Crippen molar-refractivity contribution in [3.63, 3.8) is 0 Å². The molecule has 0 radical (unpaired) electrons. The van der Waals surface area contributed by atoms with Gasteiger partial charge in [-0.25, -0.2) is 4.39 Å². The number of hydrogen-bond acceptors (Lipinski definition) is 2. The van der Waals surface area contributed by atoms with Crippen LogP contribution >= 0.6 is 0 Å². The van der Waals surface area contributed by atoms with Crippen molar-refractivity contribution < 1.29 is 18.3 Å².